The number of guanidine groups is 1. The first-order valence-electron chi connectivity index (χ1n) is 11.0. The highest BCUT2D eigenvalue weighted by atomic mass is 127. The molecule has 7 heteroatoms. The molecule has 1 aliphatic heterocycles. The molecule has 2 N–H and O–H groups in total. The van der Waals surface area contributed by atoms with Gasteiger partial charge in [0.15, 0.2) is 5.96 Å². The third-order valence-electron chi connectivity index (χ3n) is 5.33. The largest absolute Gasteiger partial charge is 0.495 e. The molecule has 1 heterocycles. The summed E-state index contributed by atoms with van der Waals surface area (Å²) < 4.78 is 11.6. The smallest absolute Gasteiger partial charge is 0.191 e. The van der Waals surface area contributed by atoms with Crippen LogP contribution in [0.3, 0.4) is 0 Å². The molecular weight excluding hydrogens is 515 g/mol. The van der Waals surface area contributed by atoms with E-state index in [0.717, 1.165) is 49.1 Å². The van der Waals surface area contributed by atoms with Gasteiger partial charge in [-0.25, -0.2) is 0 Å². The molecule has 0 aromatic heterocycles. The summed E-state index contributed by atoms with van der Waals surface area (Å²) in [6, 6.07) is 16.4. The number of nitrogens with zero attached hydrogens (tertiary/aromatic N) is 2. The summed E-state index contributed by atoms with van der Waals surface area (Å²) in [6.45, 7) is 9.77. The molecular formula is C25H37IN4O2. The molecule has 0 amide bonds. The number of aliphatic imine (C=N–C) groups is 1. The van der Waals surface area contributed by atoms with Crippen LogP contribution < -0.4 is 25.0 Å². The number of hydrogen-bond acceptors (Lipinski definition) is 4. The van der Waals surface area contributed by atoms with E-state index in [2.05, 4.69) is 59.5 Å². The van der Waals surface area contributed by atoms with E-state index >= 15 is 0 Å². The fraction of sp³-hybridized carbons (Fsp3) is 0.480. The zero-order valence-corrected chi connectivity index (χ0v) is 22.2. The average Bonchev–Trinajstić information content (AvgIpc) is 3.22. The molecule has 0 radical (unpaired) electrons. The Morgan fingerprint density at radius 3 is 2.44 bits per heavy atom. The molecule has 6 nitrogen and oxygen atoms in total. The third kappa shape index (κ3) is 7.46. The van der Waals surface area contributed by atoms with E-state index in [1.54, 1.807) is 7.11 Å². The Morgan fingerprint density at radius 1 is 1.06 bits per heavy atom. The highest BCUT2D eigenvalue weighted by molar-refractivity contribution is 14.0. The molecule has 0 saturated carbocycles. The van der Waals surface area contributed by atoms with Gasteiger partial charge in [0.25, 0.3) is 0 Å². The molecule has 3 rings (SSSR count). The molecule has 0 aliphatic carbocycles. The number of hydrogen-bond donors (Lipinski definition) is 2. The van der Waals surface area contributed by atoms with Crippen LogP contribution in [0.25, 0.3) is 0 Å². The number of para-hydroxylation sites is 3. The molecule has 32 heavy (non-hydrogen) atoms. The second kappa shape index (κ2) is 12.2. The monoisotopic (exact) mass is 552 g/mol. The summed E-state index contributed by atoms with van der Waals surface area (Å²) >= 11 is 0. The van der Waals surface area contributed by atoms with E-state index in [4.69, 9.17) is 9.47 Å². The summed E-state index contributed by atoms with van der Waals surface area (Å²) in [4.78, 5) is 6.80. The minimum absolute atomic E-state index is 0. The number of ether oxygens (including phenoxy) is 2. The molecule has 1 fully saturated rings. The Bertz CT molecular complexity index is 882. The first-order chi connectivity index (χ1) is 14.9. The van der Waals surface area contributed by atoms with Crippen molar-refractivity contribution < 1.29 is 9.47 Å². The highest BCUT2D eigenvalue weighted by Crippen LogP contribution is 2.31. The Kier molecular flexibility index (Phi) is 9.93. The van der Waals surface area contributed by atoms with Gasteiger partial charge in [0.2, 0.25) is 0 Å². The van der Waals surface area contributed by atoms with E-state index in [0.29, 0.717) is 12.5 Å². The van der Waals surface area contributed by atoms with E-state index in [1.165, 1.54) is 5.69 Å². The number of rotatable bonds is 7. The topological polar surface area (TPSA) is 58.1 Å². The molecule has 2 aromatic rings. The molecule has 1 unspecified atom stereocenters. The Morgan fingerprint density at radius 2 is 1.75 bits per heavy atom. The van der Waals surface area contributed by atoms with Gasteiger partial charge in [-0.3, -0.25) is 4.99 Å². The average molecular weight is 553 g/mol. The maximum Gasteiger partial charge on any atom is 0.191 e. The number of halogens is 1. The van der Waals surface area contributed by atoms with Gasteiger partial charge < -0.3 is 25.0 Å². The Hall–Kier alpha value is -2.16. The zero-order chi connectivity index (χ0) is 22.3. The molecule has 176 valence electrons. The zero-order valence-electron chi connectivity index (χ0n) is 19.9. The molecule has 1 aliphatic rings. The lowest BCUT2D eigenvalue weighted by Crippen LogP contribution is -2.40. The highest BCUT2D eigenvalue weighted by Gasteiger charge is 2.24. The van der Waals surface area contributed by atoms with Crippen molar-refractivity contribution in [3.05, 3.63) is 54.1 Å². The maximum atomic E-state index is 6.10. The molecule has 0 bridgehead atoms. The second-order valence-electron chi connectivity index (χ2n) is 8.90. The third-order valence-corrected chi connectivity index (χ3v) is 5.33. The van der Waals surface area contributed by atoms with E-state index in [9.17, 15) is 0 Å². The first kappa shape index (κ1) is 26.1. The van der Waals surface area contributed by atoms with Crippen molar-refractivity contribution in [2.75, 3.05) is 38.7 Å². The van der Waals surface area contributed by atoms with Crippen LogP contribution in [0.1, 0.15) is 32.8 Å². The van der Waals surface area contributed by atoms with Gasteiger partial charge in [0, 0.05) is 38.8 Å². The summed E-state index contributed by atoms with van der Waals surface area (Å²) in [5.41, 5.74) is 2.06. The van der Waals surface area contributed by atoms with Crippen LogP contribution in [-0.2, 0) is 6.54 Å². The number of benzene rings is 2. The minimum Gasteiger partial charge on any atom is -0.495 e. The standard InChI is InChI=1S/C25H36N4O2.HI/c1-25(2,3)31-22-12-8-6-10-20(22)17-28-24(26-4)27-16-19-14-15-29(18-19)21-11-7-9-13-23(21)30-5;/h6-13,19H,14-18H2,1-5H3,(H2,26,27,28);1H. The van der Waals surface area contributed by atoms with E-state index < -0.39 is 0 Å². The van der Waals surface area contributed by atoms with Crippen molar-refractivity contribution in [1.82, 2.24) is 10.6 Å². The van der Waals surface area contributed by atoms with Crippen LogP contribution in [0.4, 0.5) is 5.69 Å². The number of methoxy groups -OCH3 is 1. The van der Waals surface area contributed by atoms with Gasteiger partial charge >= 0.3 is 0 Å². The fourth-order valence-electron chi connectivity index (χ4n) is 3.83. The van der Waals surface area contributed by atoms with Crippen LogP contribution in [0, 0.1) is 5.92 Å². The predicted molar refractivity (Wildman–Crippen MR) is 144 cm³/mol. The van der Waals surface area contributed by atoms with E-state index in [1.807, 2.05) is 37.4 Å². The van der Waals surface area contributed by atoms with Gasteiger partial charge in [-0.15, -0.1) is 24.0 Å². The SMILES string of the molecule is CN=C(NCc1ccccc1OC(C)(C)C)NCC1CCN(c2ccccc2OC)C1.I. The molecule has 2 aromatic carbocycles. The molecule has 0 spiro atoms. The van der Waals surface area contributed by atoms with Crippen molar-refractivity contribution in [3.63, 3.8) is 0 Å². The van der Waals surface area contributed by atoms with Crippen LogP contribution in [0.5, 0.6) is 11.5 Å². The van der Waals surface area contributed by atoms with Crippen LogP contribution in [0.2, 0.25) is 0 Å². The summed E-state index contributed by atoms with van der Waals surface area (Å²) in [6.07, 6.45) is 1.14. The van der Waals surface area contributed by atoms with Crippen molar-refractivity contribution in [3.8, 4) is 11.5 Å². The van der Waals surface area contributed by atoms with Crippen molar-refractivity contribution in [2.45, 2.75) is 39.3 Å². The fourth-order valence-corrected chi connectivity index (χ4v) is 3.83. The van der Waals surface area contributed by atoms with Gasteiger partial charge in [-0.2, -0.15) is 0 Å². The van der Waals surface area contributed by atoms with Crippen LogP contribution in [-0.4, -0.2) is 45.4 Å². The molecule has 1 atom stereocenters. The minimum atomic E-state index is -0.230. The van der Waals surface area contributed by atoms with Gasteiger partial charge in [-0.1, -0.05) is 30.3 Å². The summed E-state index contributed by atoms with van der Waals surface area (Å²) in [5, 5.41) is 6.91. The lowest BCUT2D eigenvalue weighted by Gasteiger charge is -2.24. The summed E-state index contributed by atoms with van der Waals surface area (Å²) in [7, 11) is 3.54. The lowest BCUT2D eigenvalue weighted by molar-refractivity contribution is 0.129. The van der Waals surface area contributed by atoms with Crippen LogP contribution in [0.15, 0.2) is 53.5 Å². The summed E-state index contributed by atoms with van der Waals surface area (Å²) in [5.74, 6) is 3.20. The molecule has 1 saturated heterocycles. The first-order valence-corrected chi connectivity index (χ1v) is 11.0. The van der Waals surface area contributed by atoms with Gasteiger partial charge in [0.1, 0.15) is 17.1 Å². The van der Waals surface area contributed by atoms with Gasteiger partial charge in [0.05, 0.1) is 12.8 Å². The lowest BCUT2D eigenvalue weighted by atomic mass is 10.1. The van der Waals surface area contributed by atoms with Crippen molar-refractivity contribution >= 4 is 35.6 Å². The maximum absolute atomic E-state index is 6.10. The van der Waals surface area contributed by atoms with Crippen molar-refractivity contribution in [2.24, 2.45) is 10.9 Å². The quantitative estimate of drug-likeness (QED) is 0.297. The predicted octanol–water partition coefficient (Wildman–Crippen LogP) is 4.68. The number of anilines is 1. The van der Waals surface area contributed by atoms with Gasteiger partial charge in [-0.05, 0) is 51.3 Å². The van der Waals surface area contributed by atoms with Crippen molar-refractivity contribution in [1.29, 1.82) is 0 Å². The number of nitrogens with one attached hydrogen (secondary N) is 2. The van der Waals surface area contributed by atoms with E-state index in [-0.39, 0.29) is 29.6 Å². The normalized spacial score (nSPS) is 16.3. The second-order valence-corrected chi connectivity index (χ2v) is 8.90. The Balaban J connectivity index is 0.00000363. The Labute approximate surface area is 209 Å². The van der Waals surface area contributed by atoms with Crippen LogP contribution >= 0.6 is 24.0 Å².